The van der Waals surface area contributed by atoms with Crippen molar-refractivity contribution >= 4 is 35.8 Å². The number of hydrogen-bond acceptors (Lipinski definition) is 4. The fourth-order valence-corrected chi connectivity index (χ4v) is 2.87. The van der Waals surface area contributed by atoms with Gasteiger partial charge >= 0.3 is 0 Å². The van der Waals surface area contributed by atoms with Crippen molar-refractivity contribution in [2.45, 2.75) is 47.0 Å². The van der Waals surface area contributed by atoms with E-state index in [0.717, 1.165) is 45.9 Å². The Morgan fingerprint density at radius 3 is 2.21 bits per heavy atom. The van der Waals surface area contributed by atoms with Gasteiger partial charge in [0.05, 0.1) is 20.4 Å². The molecule has 0 aromatic heterocycles. The van der Waals surface area contributed by atoms with E-state index in [9.17, 15) is 0 Å². The molecule has 108 valence electrons. The number of hydrogen-bond donors (Lipinski definition) is 1. The topological polar surface area (TPSA) is 15.3 Å². The zero-order valence-electron chi connectivity index (χ0n) is 12.6. The Balaban J connectivity index is 2.53. The van der Waals surface area contributed by atoms with E-state index in [4.69, 9.17) is 24.4 Å². The van der Waals surface area contributed by atoms with Crippen molar-refractivity contribution in [3.63, 3.8) is 0 Å². The van der Waals surface area contributed by atoms with Gasteiger partial charge in [0.25, 0.3) is 0 Å². The summed E-state index contributed by atoms with van der Waals surface area (Å²) in [6.07, 6.45) is 3.77. The average molecular weight is 299 g/mol. The maximum atomic E-state index is 5.37. The zero-order chi connectivity index (χ0) is 14.4. The Hall–Kier alpha value is -0.480. The quantitative estimate of drug-likeness (QED) is 0.503. The standard InChI is InChI=1S/C15H26N2S2/c1-5-17(6-2)13-12(14(18)15(13)19)16-10-8-7-9-11(3)4/h11,16H,5-10H2,1-4H3. The zero-order valence-corrected chi connectivity index (χ0v) is 14.2. The summed E-state index contributed by atoms with van der Waals surface area (Å²) in [4.78, 5) is 2.29. The molecule has 0 aliphatic carbocycles. The van der Waals surface area contributed by atoms with Gasteiger partial charge in [0, 0.05) is 19.6 Å². The summed E-state index contributed by atoms with van der Waals surface area (Å²) in [5, 5.41) is 3.48. The van der Waals surface area contributed by atoms with Crippen molar-refractivity contribution in [2.75, 3.05) is 29.9 Å². The van der Waals surface area contributed by atoms with Crippen molar-refractivity contribution in [3.8, 4) is 0 Å². The first-order valence-corrected chi connectivity index (χ1v) is 8.16. The maximum Gasteiger partial charge on any atom is 0.0834 e. The lowest BCUT2D eigenvalue weighted by molar-refractivity contribution is 0.545. The van der Waals surface area contributed by atoms with Crippen LogP contribution in [-0.4, -0.2) is 19.6 Å². The van der Waals surface area contributed by atoms with E-state index < -0.39 is 0 Å². The van der Waals surface area contributed by atoms with Gasteiger partial charge in [-0.1, -0.05) is 51.1 Å². The van der Waals surface area contributed by atoms with Gasteiger partial charge in [0.2, 0.25) is 0 Å². The van der Waals surface area contributed by atoms with Crippen LogP contribution in [0.15, 0.2) is 0 Å². The van der Waals surface area contributed by atoms with Crippen molar-refractivity contribution in [1.29, 1.82) is 0 Å². The molecule has 0 atom stereocenters. The highest BCUT2D eigenvalue weighted by atomic mass is 32.1. The van der Waals surface area contributed by atoms with Crippen LogP contribution < -0.4 is 10.2 Å². The molecule has 0 aliphatic rings. The van der Waals surface area contributed by atoms with Gasteiger partial charge in [0.15, 0.2) is 0 Å². The SMILES string of the molecule is CCN(CC)c1c(NCCCCC(C)C)c(=S)c1=S. The van der Waals surface area contributed by atoms with Crippen LogP contribution in [0, 0.1) is 14.9 Å². The minimum absolute atomic E-state index is 0.794. The van der Waals surface area contributed by atoms with E-state index in [1.807, 2.05) is 0 Å². The van der Waals surface area contributed by atoms with E-state index in [0.29, 0.717) is 0 Å². The van der Waals surface area contributed by atoms with Gasteiger partial charge in [-0.15, -0.1) is 0 Å². The molecule has 0 fully saturated rings. The van der Waals surface area contributed by atoms with Crippen molar-refractivity contribution in [1.82, 2.24) is 0 Å². The summed E-state index contributed by atoms with van der Waals surface area (Å²) >= 11 is 10.7. The normalized spacial score (nSPS) is 11.2. The molecule has 0 unspecified atom stereocenters. The molecule has 0 spiro atoms. The molecule has 0 saturated heterocycles. The number of rotatable bonds is 9. The molecule has 2 nitrogen and oxygen atoms in total. The molecule has 1 aromatic carbocycles. The Labute approximate surface area is 127 Å². The molecule has 4 heteroatoms. The third-order valence-corrected chi connectivity index (χ3v) is 4.41. The van der Waals surface area contributed by atoms with Gasteiger partial charge in [0.1, 0.15) is 0 Å². The first-order chi connectivity index (χ1) is 9.02. The summed E-state index contributed by atoms with van der Waals surface area (Å²) in [6.45, 7) is 11.8. The summed E-state index contributed by atoms with van der Waals surface area (Å²) in [7, 11) is 0. The van der Waals surface area contributed by atoms with E-state index >= 15 is 0 Å². The van der Waals surface area contributed by atoms with Crippen LogP contribution in [0.5, 0.6) is 0 Å². The Bertz CT molecular complexity index is 455. The van der Waals surface area contributed by atoms with Gasteiger partial charge in [-0.25, -0.2) is 0 Å². The van der Waals surface area contributed by atoms with Crippen LogP contribution in [0.4, 0.5) is 11.4 Å². The largest absolute Gasteiger partial charge is 0.382 e. The summed E-state index contributed by atoms with van der Waals surface area (Å²) < 4.78 is 1.71. The number of anilines is 2. The molecule has 1 aromatic rings. The molecule has 0 heterocycles. The molecule has 0 radical (unpaired) electrons. The third kappa shape index (κ3) is 4.25. The second kappa shape index (κ2) is 7.95. The molecule has 1 N–H and O–H groups in total. The molecule has 19 heavy (non-hydrogen) atoms. The average Bonchev–Trinajstić information content (AvgIpc) is 2.40. The van der Waals surface area contributed by atoms with E-state index in [1.165, 1.54) is 19.3 Å². The molecule has 0 aliphatic heterocycles. The highest BCUT2D eigenvalue weighted by molar-refractivity contribution is 7.74. The second-order valence-electron chi connectivity index (χ2n) is 5.37. The van der Waals surface area contributed by atoms with E-state index in [1.54, 1.807) is 0 Å². The van der Waals surface area contributed by atoms with Gasteiger partial charge < -0.3 is 10.2 Å². The number of nitrogens with zero attached hydrogens (tertiary/aromatic N) is 1. The molecule has 0 saturated carbocycles. The highest BCUT2D eigenvalue weighted by Gasteiger charge is 2.18. The van der Waals surface area contributed by atoms with Crippen molar-refractivity contribution in [3.05, 3.63) is 9.02 Å². The smallest absolute Gasteiger partial charge is 0.0834 e. The van der Waals surface area contributed by atoms with Crippen LogP contribution in [0.2, 0.25) is 0 Å². The molecule has 1 rings (SSSR count). The number of unbranched alkanes of at least 4 members (excludes halogenated alkanes) is 1. The van der Waals surface area contributed by atoms with E-state index in [-0.39, 0.29) is 0 Å². The molecular weight excluding hydrogens is 272 g/mol. The lowest BCUT2D eigenvalue weighted by atomic mass is 10.1. The molecular formula is C15H26N2S2. The second-order valence-corrected chi connectivity index (χ2v) is 6.19. The predicted molar refractivity (Wildman–Crippen MR) is 91.2 cm³/mol. The van der Waals surface area contributed by atoms with Gasteiger partial charge in [-0.2, -0.15) is 0 Å². The fourth-order valence-electron chi connectivity index (χ4n) is 2.28. The monoisotopic (exact) mass is 298 g/mol. The Kier molecular flexibility index (Phi) is 6.94. The van der Waals surface area contributed by atoms with E-state index in [2.05, 4.69) is 37.9 Å². The van der Waals surface area contributed by atoms with Crippen LogP contribution in [0.25, 0.3) is 0 Å². The fraction of sp³-hybridized carbons (Fsp3) is 0.733. The minimum atomic E-state index is 0.794. The van der Waals surface area contributed by atoms with Gasteiger partial charge in [-0.05, 0) is 26.2 Å². The number of nitrogens with one attached hydrogen (secondary N) is 1. The molecule has 0 bridgehead atoms. The van der Waals surface area contributed by atoms with Crippen LogP contribution in [-0.2, 0) is 0 Å². The maximum absolute atomic E-state index is 5.37. The van der Waals surface area contributed by atoms with Crippen LogP contribution >= 0.6 is 24.4 Å². The highest BCUT2D eigenvalue weighted by Crippen LogP contribution is 2.35. The van der Waals surface area contributed by atoms with Crippen LogP contribution in [0.3, 0.4) is 0 Å². The summed E-state index contributed by atoms with van der Waals surface area (Å²) in [5.74, 6) is 0.794. The third-order valence-electron chi connectivity index (χ3n) is 3.47. The first-order valence-electron chi connectivity index (χ1n) is 7.35. The summed E-state index contributed by atoms with van der Waals surface area (Å²) in [5.41, 5.74) is 2.27. The summed E-state index contributed by atoms with van der Waals surface area (Å²) in [6, 6.07) is 0. The van der Waals surface area contributed by atoms with Crippen molar-refractivity contribution in [2.24, 2.45) is 5.92 Å². The molecule has 0 amide bonds. The van der Waals surface area contributed by atoms with Gasteiger partial charge in [-0.3, -0.25) is 0 Å². The predicted octanol–water partition coefficient (Wildman–Crippen LogP) is 5.11. The minimum Gasteiger partial charge on any atom is -0.382 e. The van der Waals surface area contributed by atoms with Crippen molar-refractivity contribution < 1.29 is 0 Å². The first kappa shape index (κ1) is 16.6. The Morgan fingerprint density at radius 1 is 1.05 bits per heavy atom. The lowest BCUT2D eigenvalue weighted by Gasteiger charge is -2.27. The van der Waals surface area contributed by atoms with Crippen LogP contribution in [0.1, 0.15) is 47.0 Å². The Morgan fingerprint density at radius 2 is 1.68 bits per heavy atom. The lowest BCUT2D eigenvalue weighted by Crippen LogP contribution is -2.25.